The molecule has 2 aromatic rings. The van der Waals surface area contributed by atoms with Crippen molar-refractivity contribution in [2.24, 2.45) is 4.99 Å². The van der Waals surface area contributed by atoms with E-state index in [-0.39, 0.29) is 6.04 Å². The van der Waals surface area contributed by atoms with Crippen molar-refractivity contribution in [3.8, 4) is 0 Å². The fraction of sp³-hybridized carbons (Fsp3) is 0.118. The summed E-state index contributed by atoms with van der Waals surface area (Å²) in [7, 11) is 0. The van der Waals surface area contributed by atoms with Crippen molar-refractivity contribution in [3.63, 3.8) is 0 Å². The van der Waals surface area contributed by atoms with Crippen LogP contribution < -0.4 is 4.90 Å². The Morgan fingerprint density at radius 3 is 2.23 bits per heavy atom. The van der Waals surface area contributed by atoms with Gasteiger partial charge in [0, 0.05) is 15.7 Å². The van der Waals surface area contributed by atoms with Gasteiger partial charge in [0.25, 0.3) is 6.02 Å². The summed E-state index contributed by atoms with van der Waals surface area (Å²) in [5, 5.41) is 1.37. The van der Waals surface area contributed by atoms with E-state index in [1.165, 1.54) is 0 Å². The minimum atomic E-state index is 0.0345. The molecular weight excluding hydrogens is 319 g/mol. The first-order valence-corrected chi connectivity index (χ1v) is 7.57. The number of benzene rings is 2. The van der Waals surface area contributed by atoms with E-state index >= 15 is 0 Å². The van der Waals surface area contributed by atoms with Crippen LogP contribution in [0.25, 0.3) is 0 Å². The molecular formula is C17H14Cl2N2O. The van der Waals surface area contributed by atoms with Crippen LogP contribution in [0.3, 0.4) is 0 Å². The predicted molar refractivity (Wildman–Crippen MR) is 92.4 cm³/mol. The number of anilines is 1. The lowest BCUT2D eigenvalue weighted by Gasteiger charge is -2.21. The molecule has 1 aliphatic rings. The van der Waals surface area contributed by atoms with Crippen molar-refractivity contribution >= 4 is 40.6 Å². The molecule has 0 spiro atoms. The highest BCUT2D eigenvalue weighted by Crippen LogP contribution is 2.27. The fourth-order valence-electron chi connectivity index (χ4n) is 2.24. The van der Waals surface area contributed by atoms with Gasteiger partial charge in [-0.25, -0.2) is 0 Å². The van der Waals surface area contributed by atoms with E-state index in [2.05, 4.69) is 11.6 Å². The molecule has 1 aliphatic heterocycles. The highest BCUT2D eigenvalue weighted by molar-refractivity contribution is 6.31. The van der Waals surface area contributed by atoms with Crippen LogP contribution in [-0.2, 0) is 4.74 Å². The molecule has 0 bridgehead atoms. The zero-order valence-corrected chi connectivity index (χ0v) is 13.3. The Morgan fingerprint density at radius 2 is 1.64 bits per heavy atom. The van der Waals surface area contributed by atoms with Gasteiger partial charge in [0.2, 0.25) is 0 Å². The minimum absolute atomic E-state index is 0.0345. The number of amidine groups is 1. The van der Waals surface area contributed by atoms with E-state index in [4.69, 9.17) is 27.9 Å². The van der Waals surface area contributed by atoms with E-state index < -0.39 is 0 Å². The molecule has 2 aromatic carbocycles. The number of hydrogen-bond acceptors (Lipinski definition) is 2. The number of aliphatic imine (C=N–C) groups is 1. The van der Waals surface area contributed by atoms with Gasteiger partial charge in [-0.3, -0.25) is 4.90 Å². The first kappa shape index (κ1) is 14.9. The largest absolute Gasteiger partial charge is 0.462 e. The molecule has 0 unspecified atom stereocenters. The summed E-state index contributed by atoms with van der Waals surface area (Å²) in [5.74, 6) is 0. The van der Waals surface area contributed by atoms with E-state index in [0.29, 0.717) is 22.7 Å². The Balaban J connectivity index is 1.96. The zero-order valence-electron chi connectivity index (χ0n) is 11.7. The maximum atomic E-state index is 5.96. The second-order valence-electron chi connectivity index (χ2n) is 4.83. The number of ether oxygens (including phenoxy) is 1. The second kappa shape index (κ2) is 6.42. The van der Waals surface area contributed by atoms with Crippen molar-refractivity contribution in [3.05, 3.63) is 71.2 Å². The van der Waals surface area contributed by atoms with Crippen molar-refractivity contribution in [1.82, 2.24) is 0 Å². The molecule has 0 aliphatic carbocycles. The van der Waals surface area contributed by atoms with Crippen LogP contribution in [0.1, 0.15) is 0 Å². The predicted octanol–water partition coefficient (Wildman–Crippen LogP) is 5.07. The van der Waals surface area contributed by atoms with Gasteiger partial charge in [-0.2, -0.15) is 4.99 Å². The Labute approximate surface area is 139 Å². The Bertz CT molecular complexity index is 696. The Kier molecular flexibility index (Phi) is 4.36. The number of hydrogen-bond donors (Lipinski definition) is 0. The molecule has 1 saturated heterocycles. The molecule has 0 radical (unpaired) electrons. The molecule has 112 valence electrons. The van der Waals surface area contributed by atoms with Crippen LogP contribution in [0.5, 0.6) is 0 Å². The van der Waals surface area contributed by atoms with Gasteiger partial charge < -0.3 is 4.74 Å². The van der Waals surface area contributed by atoms with E-state index in [0.717, 1.165) is 11.4 Å². The van der Waals surface area contributed by atoms with E-state index in [1.54, 1.807) is 12.1 Å². The smallest absolute Gasteiger partial charge is 0.297 e. The molecule has 3 rings (SSSR count). The number of rotatable bonds is 3. The molecule has 1 atom stereocenters. The SMILES string of the molecule is C=C[C@@H]1COC(=Nc2ccc(Cl)cc2)N1c1ccc(Cl)cc1. The minimum Gasteiger partial charge on any atom is -0.462 e. The van der Waals surface area contributed by atoms with Gasteiger partial charge in [0.05, 0.1) is 11.7 Å². The van der Waals surface area contributed by atoms with E-state index in [9.17, 15) is 0 Å². The van der Waals surface area contributed by atoms with Crippen molar-refractivity contribution in [2.45, 2.75) is 6.04 Å². The fourth-order valence-corrected chi connectivity index (χ4v) is 2.49. The molecule has 0 saturated carbocycles. The van der Waals surface area contributed by atoms with Crippen molar-refractivity contribution < 1.29 is 4.74 Å². The van der Waals surface area contributed by atoms with Crippen molar-refractivity contribution in [2.75, 3.05) is 11.5 Å². The Hall–Kier alpha value is -1.97. The molecule has 0 N–H and O–H groups in total. The summed E-state index contributed by atoms with van der Waals surface area (Å²) >= 11 is 11.9. The van der Waals surface area contributed by atoms with Crippen LogP contribution in [0, 0.1) is 0 Å². The maximum absolute atomic E-state index is 5.96. The lowest BCUT2D eigenvalue weighted by Crippen LogP contribution is -2.32. The summed E-state index contributed by atoms with van der Waals surface area (Å²) in [5.41, 5.74) is 1.74. The molecule has 1 fully saturated rings. The highest BCUT2D eigenvalue weighted by atomic mass is 35.5. The molecule has 22 heavy (non-hydrogen) atoms. The lowest BCUT2D eigenvalue weighted by atomic mass is 10.2. The van der Waals surface area contributed by atoms with Crippen LogP contribution >= 0.6 is 23.2 Å². The molecule has 5 heteroatoms. The molecule has 0 amide bonds. The summed E-state index contributed by atoms with van der Waals surface area (Å²) < 4.78 is 5.73. The van der Waals surface area contributed by atoms with Crippen LogP contribution in [0.4, 0.5) is 11.4 Å². The van der Waals surface area contributed by atoms with E-state index in [1.807, 2.05) is 47.4 Å². The third-order valence-corrected chi connectivity index (χ3v) is 3.85. The first-order chi connectivity index (χ1) is 10.7. The van der Waals surface area contributed by atoms with Gasteiger partial charge >= 0.3 is 0 Å². The van der Waals surface area contributed by atoms with Crippen molar-refractivity contribution in [1.29, 1.82) is 0 Å². The normalized spacial score (nSPS) is 19.3. The molecule has 0 aromatic heterocycles. The van der Waals surface area contributed by atoms with Crippen LogP contribution in [0.15, 0.2) is 66.2 Å². The zero-order chi connectivity index (χ0) is 15.5. The summed E-state index contributed by atoms with van der Waals surface area (Å²) in [6.07, 6.45) is 1.85. The monoisotopic (exact) mass is 332 g/mol. The van der Waals surface area contributed by atoms with Crippen LogP contribution in [0.2, 0.25) is 10.0 Å². The standard InChI is InChI=1S/C17H14Cl2N2O/c1-2-15-11-22-17(20-14-7-3-12(18)4-8-14)21(15)16-9-5-13(19)6-10-16/h2-10,15H,1,11H2/t15-/m1/s1. The average molecular weight is 333 g/mol. The molecule has 3 nitrogen and oxygen atoms in total. The average Bonchev–Trinajstić information content (AvgIpc) is 2.93. The van der Waals surface area contributed by atoms with Gasteiger partial charge in [-0.05, 0) is 48.5 Å². The number of halogens is 2. The summed E-state index contributed by atoms with van der Waals surface area (Å²) in [4.78, 5) is 6.56. The van der Waals surface area contributed by atoms with Gasteiger partial charge in [0.15, 0.2) is 0 Å². The third-order valence-electron chi connectivity index (χ3n) is 3.35. The quantitative estimate of drug-likeness (QED) is 0.733. The third kappa shape index (κ3) is 3.11. The second-order valence-corrected chi connectivity index (χ2v) is 5.70. The van der Waals surface area contributed by atoms with Gasteiger partial charge in [-0.15, -0.1) is 6.58 Å². The maximum Gasteiger partial charge on any atom is 0.297 e. The Morgan fingerprint density at radius 1 is 1.05 bits per heavy atom. The highest BCUT2D eigenvalue weighted by Gasteiger charge is 2.30. The topological polar surface area (TPSA) is 24.8 Å². The van der Waals surface area contributed by atoms with Gasteiger partial charge in [-0.1, -0.05) is 29.3 Å². The number of nitrogens with zero attached hydrogens (tertiary/aromatic N) is 2. The summed E-state index contributed by atoms with van der Waals surface area (Å²) in [6.45, 7) is 4.38. The lowest BCUT2D eigenvalue weighted by molar-refractivity contribution is 0.339. The summed E-state index contributed by atoms with van der Waals surface area (Å²) in [6, 6.07) is 15.4. The van der Waals surface area contributed by atoms with Crippen LogP contribution in [-0.4, -0.2) is 18.7 Å². The molecule has 1 heterocycles. The van der Waals surface area contributed by atoms with Gasteiger partial charge in [0.1, 0.15) is 6.61 Å². The first-order valence-electron chi connectivity index (χ1n) is 6.82.